The molecule has 1 aromatic carbocycles. The van der Waals surface area contributed by atoms with Crippen molar-refractivity contribution in [2.24, 2.45) is 5.73 Å². The molecule has 1 saturated carbocycles. The Labute approximate surface area is 118 Å². The SMILES string of the molecule is NC1(CC(=O)Cc2cc(Cl)cc3c2OCC3)CCC1. The van der Waals surface area contributed by atoms with Gasteiger partial charge < -0.3 is 10.5 Å². The van der Waals surface area contributed by atoms with Crippen molar-refractivity contribution in [1.29, 1.82) is 0 Å². The molecule has 102 valence electrons. The van der Waals surface area contributed by atoms with Gasteiger partial charge in [-0.15, -0.1) is 0 Å². The first kappa shape index (κ1) is 12.9. The van der Waals surface area contributed by atoms with Gasteiger partial charge in [-0.3, -0.25) is 4.79 Å². The Kier molecular flexibility index (Phi) is 3.27. The number of benzene rings is 1. The Balaban J connectivity index is 1.74. The van der Waals surface area contributed by atoms with Gasteiger partial charge in [-0.05, 0) is 37.0 Å². The highest BCUT2D eigenvalue weighted by Crippen LogP contribution is 2.35. The molecule has 0 aromatic heterocycles. The maximum Gasteiger partial charge on any atom is 0.139 e. The van der Waals surface area contributed by atoms with E-state index in [1.165, 1.54) is 0 Å². The molecule has 1 fully saturated rings. The van der Waals surface area contributed by atoms with Gasteiger partial charge >= 0.3 is 0 Å². The predicted octanol–water partition coefficient (Wildman–Crippen LogP) is 2.66. The topological polar surface area (TPSA) is 52.3 Å². The van der Waals surface area contributed by atoms with Gasteiger partial charge in [0.1, 0.15) is 11.5 Å². The number of fused-ring (bicyclic) bond motifs is 1. The van der Waals surface area contributed by atoms with E-state index in [4.69, 9.17) is 22.1 Å². The van der Waals surface area contributed by atoms with Gasteiger partial charge in [0, 0.05) is 35.4 Å². The number of nitrogens with two attached hydrogens (primary N) is 1. The molecule has 0 unspecified atom stereocenters. The Bertz CT molecular complexity index is 523. The van der Waals surface area contributed by atoms with Crippen LogP contribution in [0.25, 0.3) is 0 Å². The number of hydrogen-bond donors (Lipinski definition) is 1. The molecule has 0 spiro atoms. The molecule has 19 heavy (non-hydrogen) atoms. The Morgan fingerprint density at radius 3 is 2.89 bits per heavy atom. The van der Waals surface area contributed by atoms with E-state index in [2.05, 4.69) is 0 Å². The smallest absolute Gasteiger partial charge is 0.139 e. The molecule has 1 aliphatic carbocycles. The molecular weight excluding hydrogens is 262 g/mol. The molecule has 2 N–H and O–H groups in total. The standard InChI is InChI=1S/C15H18ClNO2/c16-12-6-10-2-5-19-14(10)11(7-12)8-13(18)9-15(17)3-1-4-15/h6-7H,1-5,8-9,17H2. The summed E-state index contributed by atoms with van der Waals surface area (Å²) < 4.78 is 5.61. The zero-order valence-electron chi connectivity index (χ0n) is 10.9. The third-order valence-corrected chi connectivity index (χ3v) is 4.33. The van der Waals surface area contributed by atoms with Gasteiger partial charge in [0.25, 0.3) is 0 Å². The number of ether oxygens (including phenoxy) is 1. The number of carbonyl (C=O) groups is 1. The van der Waals surface area contributed by atoms with Gasteiger partial charge in [0.05, 0.1) is 6.61 Å². The number of hydrogen-bond acceptors (Lipinski definition) is 3. The van der Waals surface area contributed by atoms with Crippen LogP contribution in [-0.2, 0) is 17.6 Å². The minimum Gasteiger partial charge on any atom is -0.493 e. The monoisotopic (exact) mass is 279 g/mol. The van der Waals surface area contributed by atoms with Crippen molar-refractivity contribution in [1.82, 2.24) is 0 Å². The van der Waals surface area contributed by atoms with Crippen molar-refractivity contribution in [3.8, 4) is 5.75 Å². The summed E-state index contributed by atoms with van der Waals surface area (Å²) in [7, 11) is 0. The van der Waals surface area contributed by atoms with Crippen LogP contribution in [0.5, 0.6) is 5.75 Å². The second kappa shape index (κ2) is 4.80. The predicted molar refractivity (Wildman–Crippen MR) is 74.7 cm³/mol. The molecule has 0 saturated heterocycles. The van der Waals surface area contributed by atoms with Crippen molar-refractivity contribution < 1.29 is 9.53 Å². The third-order valence-electron chi connectivity index (χ3n) is 4.11. The molecule has 0 bridgehead atoms. The van der Waals surface area contributed by atoms with E-state index in [9.17, 15) is 4.79 Å². The molecule has 0 radical (unpaired) electrons. The molecule has 3 rings (SSSR count). The van der Waals surface area contributed by atoms with Crippen LogP contribution in [0.1, 0.15) is 36.8 Å². The van der Waals surface area contributed by atoms with Crippen LogP contribution in [0.4, 0.5) is 0 Å². The Morgan fingerprint density at radius 2 is 2.21 bits per heavy atom. The van der Waals surface area contributed by atoms with Crippen molar-refractivity contribution in [2.45, 2.75) is 44.1 Å². The molecule has 0 atom stereocenters. The van der Waals surface area contributed by atoms with Gasteiger partial charge in [-0.2, -0.15) is 0 Å². The molecule has 2 aliphatic rings. The summed E-state index contributed by atoms with van der Waals surface area (Å²) in [4.78, 5) is 12.2. The number of Topliss-reactive ketones (excluding diaryl/α,β-unsaturated/α-hetero) is 1. The number of ketones is 1. The molecular formula is C15H18ClNO2. The summed E-state index contributed by atoms with van der Waals surface area (Å²) in [6.07, 6.45) is 4.78. The van der Waals surface area contributed by atoms with Crippen molar-refractivity contribution >= 4 is 17.4 Å². The first-order valence-electron chi connectivity index (χ1n) is 6.80. The normalized spacial score (nSPS) is 19.5. The van der Waals surface area contributed by atoms with Crippen LogP contribution < -0.4 is 10.5 Å². The zero-order valence-corrected chi connectivity index (χ0v) is 11.6. The average Bonchev–Trinajstić information content (AvgIpc) is 2.74. The lowest BCUT2D eigenvalue weighted by Gasteiger charge is -2.37. The van der Waals surface area contributed by atoms with Gasteiger partial charge in [0.2, 0.25) is 0 Å². The second-order valence-corrected chi connectivity index (χ2v) is 6.20. The fourth-order valence-corrected chi connectivity index (χ4v) is 3.22. The summed E-state index contributed by atoms with van der Waals surface area (Å²) in [5.74, 6) is 1.04. The minimum atomic E-state index is -0.250. The van der Waals surface area contributed by atoms with Crippen molar-refractivity contribution in [2.75, 3.05) is 6.61 Å². The third kappa shape index (κ3) is 2.63. The Hall–Kier alpha value is -1.06. The summed E-state index contributed by atoms with van der Waals surface area (Å²) in [6.45, 7) is 0.678. The highest BCUT2D eigenvalue weighted by Gasteiger charge is 2.34. The lowest BCUT2D eigenvalue weighted by atomic mass is 9.74. The summed E-state index contributed by atoms with van der Waals surface area (Å²) >= 11 is 6.09. The fraction of sp³-hybridized carbons (Fsp3) is 0.533. The van der Waals surface area contributed by atoms with E-state index >= 15 is 0 Å². The molecule has 1 aromatic rings. The molecule has 3 nitrogen and oxygen atoms in total. The van der Waals surface area contributed by atoms with E-state index in [0.29, 0.717) is 24.5 Å². The van der Waals surface area contributed by atoms with E-state index in [1.807, 2.05) is 12.1 Å². The first-order valence-corrected chi connectivity index (χ1v) is 7.18. The number of rotatable bonds is 4. The number of carbonyl (C=O) groups excluding carboxylic acids is 1. The van der Waals surface area contributed by atoms with Crippen LogP contribution in [0, 0.1) is 0 Å². The van der Waals surface area contributed by atoms with E-state index in [-0.39, 0.29) is 11.3 Å². The van der Waals surface area contributed by atoms with Crippen LogP contribution in [0.15, 0.2) is 12.1 Å². The van der Waals surface area contributed by atoms with E-state index in [0.717, 1.165) is 42.6 Å². The molecule has 0 amide bonds. The van der Waals surface area contributed by atoms with Gasteiger partial charge in [-0.25, -0.2) is 0 Å². The summed E-state index contributed by atoms with van der Waals surface area (Å²) in [6, 6.07) is 3.77. The summed E-state index contributed by atoms with van der Waals surface area (Å²) in [5.41, 5.74) is 7.89. The molecule has 4 heteroatoms. The second-order valence-electron chi connectivity index (χ2n) is 5.76. The zero-order chi connectivity index (χ0) is 13.5. The first-order chi connectivity index (χ1) is 9.06. The van der Waals surface area contributed by atoms with Crippen LogP contribution in [0.2, 0.25) is 5.02 Å². The highest BCUT2D eigenvalue weighted by molar-refractivity contribution is 6.30. The minimum absolute atomic E-state index is 0.183. The lowest BCUT2D eigenvalue weighted by molar-refractivity contribution is -0.120. The Morgan fingerprint density at radius 1 is 1.42 bits per heavy atom. The fourth-order valence-electron chi connectivity index (χ4n) is 2.95. The maximum absolute atomic E-state index is 12.2. The van der Waals surface area contributed by atoms with Gasteiger partial charge in [-0.1, -0.05) is 11.6 Å². The largest absolute Gasteiger partial charge is 0.493 e. The van der Waals surface area contributed by atoms with Gasteiger partial charge in [0.15, 0.2) is 0 Å². The molecule has 1 heterocycles. The average molecular weight is 280 g/mol. The molecule has 1 aliphatic heterocycles. The van der Waals surface area contributed by atoms with Crippen molar-refractivity contribution in [3.63, 3.8) is 0 Å². The van der Waals surface area contributed by atoms with Crippen LogP contribution >= 0.6 is 11.6 Å². The number of halogens is 1. The van der Waals surface area contributed by atoms with Crippen LogP contribution in [-0.4, -0.2) is 17.9 Å². The lowest BCUT2D eigenvalue weighted by Crippen LogP contribution is -2.48. The van der Waals surface area contributed by atoms with Crippen molar-refractivity contribution in [3.05, 3.63) is 28.3 Å². The van der Waals surface area contributed by atoms with E-state index < -0.39 is 0 Å². The van der Waals surface area contributed by atoms with Crippen LogP contribution in [0.3, 0.4) is 0 Å². The quantitative estimate of drug-likeness (QED) is 0.922. The summed E-state index contributed by atoms with van der Waals surface area (Å²) in [5, 5.41) is 0.679. The maximum atomic E-state index is 12.2. The highest BCUT2D eigenvalue weighted by atomic mass is 35.5. The van der Waals surface area contributed by atoms with E-state index in [1.54, 1.807) is 0 Å².